The van der Waals surface area contributed by atoms with E-state index in [2.05, 4.69) is 5.16 Å². The summed E-state index contributed by atoms with van der Waals surface area (Å²) in [5.41, 5.74) is 2.14. The summed E-state index contributed by atoms with van der Waals surface area (Å²) < 4.78 is 5.13. The van der Waals surface area contributed by atoms with Gasteiger partial charge in [-0.05, 0) is 38.5 Å². The van der Waals surface area contributed by atoms with Gasteiger partial charge in [-0.25, -0.2) is 0 Å². The van der Waals surface area contributed by atoms with Gasteiger partial charge >= 0.3 is 0 Å². The first kappa shape index (κ1) is 18.7. The molecule has 26 heavy (non-hydrogen) atoms. The molecule has 1 aromatic heterocycles. The van der Waals surface area contributed by atoms with Crippen LogP contribution in [0, 0.1) is 19.8 Å². The van der Waals surface area contributed by atoms with Gasteiger partial charge in [0.1, 0.15) is 11.7 Å². The Balaban J connectivity index is 1.75. The highest BCUT2D eigenvalue weighted by molar-refractivity contribution is 6.36. The number of hydrogen-bond donors (Lipinski definition) is 0. The maximum Gasteiger partial charge on any atom is 0.239 e. The molecule has 2 amide bonds. The van der Waals surface area contributed by atoms with Crippen LogP contribution in [0.15, 0.2) is 22.7 Å². The molecule has 0 bridgehead atoms. The zero-order valence-corrected chi connectivity index (χ0v) is 16.3. The summed E-state index contributed by atoms with van der Waals surface area (Å²) in [5.74, 6) is -0.539. The van der Waals surface area contributed by atoms with E-state index in [-0.39, 0.29) is 11.8 Å². The lowest BCUT2D eigenvalue weighted by molar-refractivity contribution is -0.139. The van der Waals surface area contributed by atoms with Crippen LogP contribution in [0.2, 0.25) is 10.0 Å². The van der Waals surface area contributed by atoms with Crippen molar-refractivity contribution in [2.75, 3.05) is 18.5 Å². The molecule has 1 aliphatic rings. The summed E-state index contributed by atoms with van der Waals surface area (Å²) in [5, 5.41) is 4.81. The molecule has 1 unspecified atom stereocenters. The zero-order chi connectivity index (χ0) is 19.0. The number of hydrogen-bond acceptors (Lipinski definition) is 4. The molecule has 0 radical (unpaired) electrons. The Morgan fingerprint density at radius 3 is 2.77 bits per heavy atom. The molecule has 0 N–H and O–H groups in total. The zero-order valence-electron chi connectivity index (χ0n) is 14.8. The van der Waals surface area contributed by atoms with Crippen molar-refractivity contribution in [1.29, 1.82) is 0 Å². The first-order chi connectivity index (χ1) is 12.3. The van der Waals surface area contributed by atoms with Crippen molar-refractivity contribution in [3.63, 3.8) is 0 Å². The minimum Gasteiger partial charge on any atom is -0.361 e. The fraction of sp³-hybridized carbons (Fsp3) is 0.389. The van der Waals surface area contributed by atoms with Gasteiger partial charge < -0.3 is 14.3 Å². The number of aromatic nitrogens is 1. The summed E-state index contributed by atoms with van der Waals surface area (Å²) in [6.45, 7) is 4.40. The first-order valence-corrected chi connectivity index (χ1v) is 8.98. The fourth-order valence-corrected chi connectivity index (χ4v) is 3.54. The molecule has 1 aromatic carbocycles. The Hall–Kier alpha value is -2.05. The second-order valence-corrected chi connectivity index (χ2v) is 7.27. The van der Waals surface area contributed by atoms with E-state index >= 15 is 0 Å². The van der Waals surface area contributed by atoms with Crippen LogP contribution in [0.5, 0.6) is 0 Å². The van der Waals surface area contributed by atoms with Gasteiger partial charge in [-0.2, -0.15) is 0 Å². The minimum atomic E-state index is -0.726. The number of benzene rings is 1. The molecule has 1 aliphatic heterocycles. The highest BCUT2D eigenvalue weighted by Crippen LogP contribution is 2.34. The lowest BCUT2D eigenvalue weighted by Crippen LogP contribution is -2.38. The standard InChI is InChI=1S/C18H19Cl2N3O3/c1-10-14(11(2)26-21-10)9-22(3)17(24)13-6-7-23(18(13)25)16-8-12(19)4-5-15(16)20/h4-5,8,13H,6-7,9H2,1-3H3. The normalized spacial score (nSPS) is 17.0. The predicted octanol–water partition coefficient (Wildman–Crippen LogP) is 3.61. The van der Waals surface area contributed by atoms with Gasteiger partial charge in [0.2, 0.25) is 11.8 Å². The molecule has 0 spiro atoms. The van der Waals surface area contributed by atoms with Crippen LogP contribution in [0.4, 0.5) is 5.69 Å². The topological polar surface area (TPSA) is 66.7 Å². The van der Waals surface area contributed by atoms with E-state index in [9.17, 15) is 9.59 Å². The quantitative estimate of drug-likeness (QED) is 0.741. The molecule has 1 saturated heterocycles. The molecule has 2 heterocycles. The molecule has 6 nitrogen and oxygen atoms in total. The Bertz CT molecular complexity index is 846. The maximum absolute atomic E-state index is 12.8. The van der Waals surface area contributed by atoms with Crippen LogP contribution in [-0.4, -0.2) is 35.5 Å². The third-order valence-electron chi connectivity index (χ3n) is 4.66. The smallest absolute Gasteiger partial charge is 0.239 e. The van der Waals surface area contributed by atoms with Crippen molar-refractivity contribution < 1.29 is 14.1 Å². The summed E-state index contributed by atoms with van der Waals surface area (Å²) >= 11 is 12.2. The van der Waals surface area contributed by atoms with E-state index in [4.69, 9.17) is 27.7 Å². The van der Waals surface area contributed by atoms with E-state index in [0.29, 0.717) is 41.0 Å². The number of aryl methyl sites for hydroxylation is 2. The Kier molecular flexibility index (Phi) is 5.25. The molecule has 1 fully saturated rings. The third-order valence-corrected chi connectivity index (χ3v) is 5.21. The number of rotatable bonds is 4. The van der Waals surface area contributed by atoms with Crippen molar-refractivity contribution in [3.05, 3.63) is 45.3 Å². The van der Waals surface area contributed by atoms with Gasteiger partial charge in [0.05, 0.1) is 22.9 Å². The number of amides is 2. The summed E-state index contributed by atoms with van der Waals surface area (Å²) in [6.07, 6.45) is 0.437. The van der Waals surface area contributed by atoms with Crippen LogP contribution in [0.25, 0.3) is 0 Å². The van der Waals surface area contributed by atoms with Gasteiger partial charge in [0.15, 0.2) is 0 Å². The van der Waals surface area contributed by atoms with Gasteiger partial charge in [-0.15, -0.1) is 0 Å². The van der Waals surface area contributed by atoms with Crippen LogP contribution < -0.4 is 4.90 Å². The van der Waals surface area contributed by atoms with Crippen molar-refractivity contribution >= 4 is 40.7 Å². The fourth-order valence-electron chi connectivity index (χ4n) is 3.15. The summed E-state index contributed by atoms with van der Waals surface area (Å²) in [6, 6.07) is 4.95. The van der Waals surface area contributed by atoms with Gasteiger partial charge in [0, 0.05) is 24.2 Å². The molecule has 0 saturated carbocycles. The monoisotopic (exact) mass is 395 g/mol. The molecule has 8 heteroatoms. The molecule has 3 rings (SSSR count). The number of nitrogens with zero attached hydrogens (tertiary/aromatic N) is 3. The maximum atomic E-state index is 12.8. The van der Waals surface area contributed by atoms with E-state index in [1.165, 1.54) is 9.80 Å². The van der Waals surface area contributed by atoms with Gasteiger partial charge in [-0.3, -0.25) is 9.59 Å². The summed E-state index contributed by atoms with van der Waals surface area (Å²) in [7, 11) is 1.68. The molecular weight excluding hydrogens is 377 g/mol. The first-order valence-electron chi connectivity index (χ1n) is 8.22. The average molecular weight is 396 g/mol. The Labute approximate surface area is 161 Å². The van der Waals surface area contributed by atoms with Crippen LogP contribution >= 0.6 is 23.2 Å². The van der Waals surface area contributed by atoms with Crippen LogP contribution in [-0.2, 0) is 16.1 Å². The van der Waals surface area contributed by atoms with Crippen LogP contribution in [0.3, 0.4) is 0 Å². The van der Waals surface area contributed by atoms with E-state index in [1.54, 1.807) is 32.2 Å². The van der Waals surface area contributed by atoms with E-state index in [0.717, 1.165) is 11.3 Å². The second kappa shape index (κ2) is 7.29. The highest BCUT2D eigenvalue weighted by Gasteiger charge is 2.39. The largest absolute Gasteiger partial charge is 0.361 e. The number of carbonyl (C=O) groups is 2. The predicted molar refractivity (Wildman–Crippen MR) is 99.4 cm³/mol. The molecule has 138 valence electrons. The second-order valence-electron chi connectivity index (χ2n) is 6.42. The third kappa shape index (κ3) is 3.44. The van der Waals surface area contributed by atoms with Crippen molar-refractivity contribution in [2.24, 2.45) is 5.92 Å². The highest BCUT2D eigenvalue weighted by atomic mass is 35.5. The minimum absolute atomic E-state index is 0.226. The average Bonchev–Trinajstić information content (AvgIpc) is 3.13. The molecule has 0 aliphatic carbocycles. The number of carbonyl (C=O) groups excluding carboxylic acids is 2. The van der Waals surface area contributed by atoms with Crippen LogP contribution in [0.1, 0.15) is 23.4 Å². The number of halogens is 2. The summed E-state index contributed by atoms with van der Waals surface area (Å²) in [4.78, 5) is 28.7. The lowest BCUT2D eigenvalue weighted by Gasteiger charge is -2.21. The molecular formula is C18H19Cl2N3O3. The lowest BCUT2D eigenvalue weighted by atomic mass is 10.1. The Morgan fingerprint density at radius 1 is 1.38 bits per heavy atom. The molecule has 2 aromatic rings. The van der Waals surface area contributed by atoms with Crippen molar-refractivity contribution in [3.8, 4) is 0 Å². The van der Waals surface area contributed by atoms with Gasteiger partial charge in [-0.1, -0.05) is 28.4 Å². The molecule has 1 atom stereocenters. The number of anilines is 1. The van der Waals surface area contributed by atoms with Crippen molar-refractivity contribution in [1.82, 2.24) is 10.1 Å². The van der Waals surface area contributed by atoms with Crippen molar-refractivity contribution in [2.45, 2.75) is 26.8 Å². The van der Waals surface area contributed by atoms with E-state index in [1.807, 2.05) is 6.92 Å². The SMILES string of the molecule is Cc1noc(C)c1CN(C)C(=O)C1CCN(c2cc(Cl)ccc2Cl)C1=O. The van der Waals surface area contributed by atoms with E-state index < -0.39 is 5.92 Å². The van der Waals surface area contributed by atoms with Gasteiger partial charge in [0.25, 0.3) is 0 Å². The Morgan fingerprint density at radius 2 is 2.12 bits per heavy atom.